The molecule has 0 fully saturated rings. The molecule has 0 radical (unpaired) electrons. The van der Waals surface area contributed by atoms with Crippen LogP contribution in [0.2, 0.25) is 0 Å². The Labute approximate surface area is 124 Å². The van der Waals surface area contributed by atoms with Crippen molar-refractivity contribution in [1.82, 2.24) is 0 Å². The van der Waals surface area contributed by atoms with Gasteiger partial charge in [0.1, 0.15) is 23.6 Å². The highest BCUT2D eigenvalue weighted by Gasteiger charge is 2.06. The molecular formula is C15H9BrN2O2. The van der Waals surface area contributed by atoms with E-state index in [0.717, 1.165) is 4.47 Å². The molecule has 20 heavy (non-hydrogen) atoms. The second-order valence-electron chi connectivity index (χ2n) is 3.94. The van der Waals surface area contributed by atoms with Gasteiger partial charge in [-0.15, -0.1) is 0 Å². The summed E-state index contributed by atoms with van der Waals surface area (Å²) in [5.41, 5.74) is 1.29. The van der Waals surface area contributed by atoms with Crippen LogP contribution in [0.25, 0.3) is 0 Å². The average molecular weight is 329 g/mol. The predicted molar refractivity (Wildman–Crippen MR) is 76.0 cm³/mol. The van der Waals surface area contributed by atoms with Gasteiger partial charge in [0, 0.05) is 4.47 Å². The summed E-state index contributed by atoms with van der Waals surface area (Å²) < 4.78 is 6.42. The Bertz CT molecular complexity index is 730. The van der Waals surface area contributed by atoms with Crippen LogP contribution >= 0.6 is 15.9 Å². The van der Waals surface area contributed by atoms with Crippen LogP contribution in [-0.2, 0) is 6.61 Å². The fourth-order valence-electron chi connectivity index (χ4n) is 1.65. The van der Waals surface area contributed by atoms with Gasteiger partial charge in [-0.2, -0.15) is 10.5 Å². The Morgan fingerprint density at radius 2 is 1.65 bits per heavy atom. The van der Waals surface area contributed by atoms with Crippen LogP contribution in [0.3, 0.4) is 0 Å². The van der Waals surface area contributed by atoms with Crippen molar-refractivity contribution >= 4 is 15.9 Å². The molecule has 4 nitrogen and oxygen atoms in total. The van der Waals surface area contributed by atoms with Gasteiger partial charge >= 0.3 is 0 Å². The Kier molecular flexibility index (Phi) is 4.37. The van der Waals surface area contributed by atoms with E-state index in [1.807, 2.05) is 12.1 Å². The second-order valence-corrected chi connectivity index (χ2v) is 4.80. The highest BCUT2D eigenvalue weighted by Crippen LogP contribution is 2.27. The molecule has 0 aliphatic rings. The standard InChI is InChI=1S/C15H9BrN2O2/c16-15-4-3-14(6-12(15)9-19)20-13-2-1-10(7-17)11(5-13)8-18/h1-6,19H,9H2. The zero-order chi connectivity index (χ0) is 14.5. The van der Waals surface area contributed by atoms with Gasteiger partial charge in [0.25, 0.3) is 0 Å². The first kappa shape index (κ1) is 14.1. The molecule has 98 valence electrons. The number of rotatable bonds is 3. The SMILES string of the molecule is N#Cc1ccc(Oc2ccc(Br)c(CO)c2)cc1C#N. The Hall–Kier alpha value is -2.34. The summed E-state index contributed by atoms with van der Waals surface area (Å²) >= 11 is 3.32. The maximum atomic E-state index is 9.19. The number of aliphatic hydroxyl groups excluding tert-OH is 1. The van der Waals surface area contributed by atoms with Crippen LogP contribution in [0, 0.1) is 22.7 Å². The topological polar surface area (TPSA) is 77.0 Å². The van der Waals surface area contributed by atoms with E-state index in [9.17, 15) is 5.11 Å². The normalized spacial score (nSPS) is 9.60. The number of nitriles is 2. The van der Waals surface area contributed by atoms with Crippen LogP contribution in [0.4, 0.5) is 0 Å². The third-order valence-corrected chi connectivity index (χ3v) is 3.43. The van der Waals surface area contributed by atoms with E-state index in [4.69, 9.17) is 15.3 Å². The van der Waals surface area contributed by atoms with E-state index >= 15 is 0 Å². The van der Waals surface area contributed by atoms with Gasteiger partial charge < -0.3 is 9.84 Å². The highest BCUT2D eigenvalue weighted by molar-refractivity contribution is 9.10. The number of benzene rings is 2. The minimum Gasteiger partial charge on any atom is -0.457 e. The molecule has 0 bridgehead atoms. The molecule has 0 aliphatic carbocycles. The van der Waals surface area contributed by atoms with Crippen molar-refractivity contribution in [2.24, 2.45) is 0 Å². The molecule has 0 saturated heterocycles. The number of ether oxygens (including phenoxy) is 1. The maximum Gasteiger partial charge on any atom is 0.128 e. The van der Waals surface area contributed by atoms with Crippen molar-refractivity contribution in [1.29, 1.82) is 10.5 Å². The molecule has 2 aromatic rings. The smallest absolute Gasteiger partial charge is 0.128 e. The van der Waals surface area contributed by atoms with Crippen LogP contribution < -0.4 is 4.74 Å². The summed E-state index contributed by atoms with van der Waals surface area (Å²) in [5.74, 6) is 1.01. The van der Waals surface area contributed by atoms with E-state index < -0.39 is 0 Å². The molecule has 1 N–H and O–H groups in total. The molecule has 5 heteroatoms. The summed E-state index contributed by atoms with van der Waals surface area (Å²) in [6.07, 6.45) is 0. The first-order chi connectivity index (χ1) is 9.67. The molecule has 0 aliphatic heterocycles. The zero-order valence-electron chi connectivity index (χ0n) is 10.3. The first-order valence-corrected chi connectivity index (χ1v) is 6.48. The minimum absolute atomic E-state index is 0.103. The Morgan fingerprint density at radius 1 is 1.00 bits per heavy atom. The van der Waals surface area contributed by atoms with Gasteiger partial charge in [-0.25, -0.2) is 0 Å². The lowest BCUT2D eigenvalue weighted by molar-refractivity contribution is 0.280. The van der Waals surface area contributed by atoms with Gasteiger partial charge in [0.2, 0.25) is 0 Å². The monoisotopic (exact) mass is 328 g/mol. The summed E-state index contributed by atoms with van der Waals surface area (Å²) in [7, 11) is 0. The van der Waals surface area contributed by atoms with E-state index in [1.54, 1.807) is 30.3 Å². The highest BCUT2D eigenvalue weighted by atomic mass is 79.9. The van der Waals surface area contributed by atoms with Crippen molar-refractivity contribution in [3.63, 3.8) is 0 Å². The van der Waals surface area contributed by atoms with Crippen LogP contribution in [0.5, 0.6) is 11.5 Å². The number of halogens is 1. The van der Waals surface area contributed by atoms with Gasteiger partial charge in [0.05, 0.1) is 17.7 Å². The van der Waals surface area contributed by atoms with Crippen molar-refractivity contribution in [2.45, 2.75) is 6.61 Å². The molecule has 0 heterocycles. The molecule has 0 spiro atoms. The molecule has 0 saturated carbocycles. The van der Waals surface area contributed by atoms with Crippen LogP contribution in [0.1, 0.15) is 16.7 Å². The van der Waals surface area contributed by atoms with E-state index in [2.05, 4.69) is 15.9 Å². The lowest BCUT2D eigenvalue weighted by Crippen LogP contribution is -1.91. The molecular weight excluding hydrogens is 320 g/mol. The molecule has 2 rings (SSSR count). The maximum absolute atomic E-state index is 9.19. The number of aliphatic hydroxyl groups is 1. The summed E-state index contributed by atoms with van der Waals surface area (Å²) in [5, 5.41) is 27.0. The molecule has 0 unspecified atom stereocenters. The predicted octanol–water partition coefficient (Wildman–Crippen LogP) is 3.48. The van der Waals surface area contributed by atoms with E-state index in [0.29, 0.717) is 22.6 Å². The number of nitrogens with zero attached hydrogens (tertiary/aromatic N) is 2. The molecule has 0 atom stereocenters. The fourth-order valence-corrected chi connectivity index (χ4v) is 2.02. The van der Waals surface area contributed by atoms with E-state index in [1.165, 1.54) is 6.07 Å². The number of hydrogen-bond acceptors (Lipinski definition) is 4. The average Bonchev–Trinajstić information content (AvgIpc) is 2.49. The van der Waals surface area contributed by atoms with Gasteiger partial charge in [-0.1, -0.05) is 15.9 Å². The third-order valence-electron chi connectivity index (χ3n) is 2.66. The summed E-state index contributed by atoms with van der Waals surface area (Å²) in [6, 6.07) is 13.8. The van der Waals surface area contributed by atoms with Crippen molar-refractivity contribution in [3.8, 4) is 23.6 Å². The van der Waals surface area contributed by atoms with Crippen molar-refractivity contribution in [3.05, 3.63) is 57.6 Å². The van der Waals surface area contributed by atoms with Gasteiger partial charge in [-0.3, -0.25) is 0 Å². The molecule has 2 aromatic carbocycles. The second kappa shape index (κ2) is 6.21. The minimum atomic E-state index is -0.103. The van der Waals surface area contributed by atoms with Gasteiger partial charge in [0.15, 0.2) is 0 Å². The summed E-state index contributed by atoms with van der Waals surface area (Å²) in [4.78, 5) is 0. The van der Waals surface area contributed by atoms with E-state index in [-0.39, 0.29) is 12.2 Å². The first-order valence-electron chi connectivity index (χ1n) is 5.69. The van der Waals surface area contributed by atoms with Crippen molar-refractivity contribution in [2.75, 3.05) is 0 Å². The lowest BCUT2D eigenvalue weighted by Gasteiger charge is -2.08. The third kappa shape index (κ3) is 2.97. The molecule has 0 amide bonds. The Balaban J connectivity index is 2.31. The van der Waals surface area contributed by atoms with Crippen LogP contribution in [0.15, 0.2) is 40.9 Å². The largest absolute Gasteiger partial charge is 0.457 e. The zero-order valence-corrected chi connectivity index (χ0v) is 11.9. The molecule has 0 aromatic heterocycles. The van der Waals surface area contributed by atoms with Gasteiger partial charge in [-0.05, 0) is 42.0 Å². The quantitative estimate of drug-likeness (QED) is 0.935. The summed E-state index contributed by atoms with van der Waals surface area (Å²) in [6.45, 7) is -0.103. The fraction of sp³-hybridized carbons (Fsp3) is 0.0667. The van der Waals surface area contributed by atoms with Crippen molar-refractivity contribution < 1.29 is 9.84 Å². The number of hydrogen-bond donors (Lipinski definition) is 1. The lowest BCUT2D eigenvalue weighted by atomic mass is 10.1. The Morgan fingerprint density at radius 3 is 2.30 bits per heavy atom. The van der Waals surface area contributed by atoms with Crippen LogP contribution in [-0.4, -0.2) is 5.11 Å².